The third-order valence-corrected chi connectivity index (χ3v) is 3.08. The fraction of sp³-hybridized carbons (Fsp3) is 0.200. The predicted octanol–water partition coefficient (Wildman–Crippen LogP) is 3.86. The number of hydrogen-bond donors (Lipinski definition) is 1. The zero-order valence-electron chi connectivity index (χ0n) is 10.5. The van der Waals surface area contributed by atoms with Crippen LogP contribution in [0.4, 0.5) is 4.39 Å². The number of benzene rings is 2. The van der Waals surface area contributed by atoms with Crippen molar-refractivity contribution in [1.29, 1.82) is 0 Å². The molecule has 0 aliphatic heterocycles. The van der Waals surface area contributed by atoms with Crippen LogP contribution < -0.4 is 4.74 Å². The number of aliphatic hydroxyl groups excluding tert-OH is 1. The maximum atomic E-state index is 13.6. The summed E-state index contributed by atoms with van der Waals surface area (Å²) in [5.74, 6) is 0.230. The molecule has 0 aliphatic rings. The Balaban J connectivity index is 2.21. The summed E-state index contributed by atoms with van der Waals surface area (Å²) in [6.45, 7) is 1.84. The van der Waals surface area contributed by atoms with E-state index >= 15 is 0 Å². The van der Waals surface area contributed by atoms with Crippen molar-refractivity contribution < 1.29 is 14.2 Å². The lowest BCUT2D eigenvalue weighted by atomic mass is 10.1. The summed E-state index contributed by atoms with van der Waals surface area (Å²) >= 11 is 5.83. The fourth-order valence-electron chi connectivity index (χ4n) is 1.85. The van der Waals surface area contributed by atoms with Gasteiger partial charge in [-0.05, 0) is 30.7 Å². The second-order valence-corrected chi connectivity index (χ2v) is 4.68. The number of aryl methyl sites for hydroxylation is 1. The standard InChI is InChI=1S/C15H14ClFO2/c1-10-3-2-4-11(8-18)15(10)19-9-12-7-13(16)5-6-14(12)17/h2-7,18H,8-9H2,1H3. The second-order valence-electron chi connectivity index (χ2n) is 4.25. The van der Waals surface area contributed by atoms with Gasteiger partial charge in [0.15, 0.2) is 0 Å². The molecule has 0 heterocycles. The van der Waals surface area contributed by atoms with Gasteiger partial charge in [-0.1, -0.05) is 29.8 Å². The van der Waals surface area contributed by atoms with Gasteiger partial charge in [0.2, 0.25) is 0 Å². The van der Waals surface area contributed by atoms with Crippen molar-refractivity contribution >= 4 is 11.6 Å². The molecule has 2 rings (SSSR count). The summed E-state index contributed by atoms with van der Waals surface area (Å²) in [7, 11) is 0. The lowest BCUT2D eigenvalue weighted by Gasteiger charge is -2.13. The Morgan fingerprint density at radius 3 is 2.74 bits per heavy atom. The average Bonchev–Trinajstić information content (AvgIpc) is 2.40. The Morgan fingerprint density at radius 2 is 2.00 bits per heavy atom. The molecule has 0 bridgehead atoms. The molecule has 0 spiro atoms. The van der Waals surface area contributed by atoms with Crippen molar-refractivity contribution in [3.05, 3.63) is 63.9 Å². The highest BCUT2D eigenvalue weighted by Crippen LogP contribution is 2.25. The third kappa shape index (κ3) is 3.25. The number of hydrogen-bond acceptors (Lipinski definition) is 2. The van der Waals surface area contributed by atoms with Crippen molar-refractivity contribution in [2.24, 2.45) is 0 Å². The zero-order valence-corrected chi connectivity index (χ0v) is 11.2. The van der Waals surface area contributed by atoms with Crippen molar-refractivity contribution in [2.45, 2.75) is 20.1 Å². The predicted molar refractivity (Wildman–Crippen MR) is 72.8 cm³/mol. The first-order valence-electron chi connectivity index (χ1n) is 5.88. The Morgan fingerprint density at radius 1 is 1.21 bits per heavy atom. The van der Waals surface area contributed by atoms with E-state index in [2.05, 4.69) is 0 Å². The quantitative estimate of drug-likeness (QED) is 0.921. The van der Waals surface area contributed by atoms with Gasteiger partial charge in [-0.15, -0.1) is 0 Å². The summed E-state index contributed by atoms with van der Waals surface area (Å²) in [4.78, 5) is 0. The van der Waals surface area contributed by atoms with Crippen LogP contribution in [0.3, 0.4) is 0 Å². The molecule has 0 atom stereocenters. The minimum absolute atomic E-state index is 0.0737. The SMILES string of the molecule is Cc1cccc(CO)c1OCc1cc(Cl)ccc1F. The Kier molecular flexibility index (Phi) is 4.40. The zero-order chi connectivity index (χ0) is 13.8. The van der Waals surface area contributed by atoms with E-state index in [9.17, 15) is 9.50 Å². The topological polar surface area (TPSA) is 29.5 Å². The third-order valence-electron chi connectivity index (χ3n) is 2.84. The van der Waals surface area contributed by atoms with Crippen LogP contribution in [0.25, 0.3) is 0 Å². The van der Waals surface area contributed by atoms with Gasteiger partial charge < -0.3 is 9.84 Å². The van der Waals surface area contributed by atoms with Gasteiger partial charge in [0.25, 0.3) is 0 Å². The van der Waals surface area contributed by atoms with Gasteiger partial charge in [0.05, 0.1) is 6.61 Å². The van der Waals surface area contributed by atoms with Crippen LogP contribution in [0.1, 0.15) is 16.7 Å². The van der Waals surface area contributed by atoms with E-state index in [1.165, 1.54) is 18.2 Å². The molecule has 0 saturated heterocycles. The molecule has 2 aromatic rings. The highest BCUT2D eigenvalue weighted by Gasteiger charge is 2.09. The van der Waals surface area contributed by atoms with Gasteiger partial charge in [0.1, 0.15) is 18.2 Å². The normalized spacial score (nSPS) is 10.5. The summed E-state index contributed by atoms with van der Waals surface area (Å²) in [6.07, 6.45) is 0. The van der Waals surface area contributed by atoms with Gasteiger partial charge in [-0.3, -0.25) is 0 Å². The minimum Gasteiger partial charge on any atom is -0.488 e. The molecule has 0 saturated carbocycles. The molecule has 0 amide bonds. The van der Waals surface area contributed by atoms with Crippen LogP contribution in [0.5, 0.6) is 5.75 Å². The van der Waals surface area contributed by atoms with E-state index < -0.39 is 0 Å². The highest BCUT2D eigenvalue weighted by molar-refractivity contribution is 6.30. The van der Waals surface area contributed by atoms with Gasteiger partial charge >= 0.3 is 0 Å². The average molecular weight is 281 g/mol. The van der Waals surface area contributed by atoms with Crippen molar-refractivity contribution in [3.63, 3.8) is 0 Å². The maximum Gasteiger partial charge on any atom is 0.129 e. The van der Waals surface area contributed by atoms with Crippen LogP contribution >= 0.6 is 11.6 Å². The van der Waals surface area contributed by atoms with Crippen molar-refractivity contribution in [2.75, 3.05) is 0 Å². The maximum absolute atomic E-state index is 13.6. The lowest BCUT2D eigenvalue weighted by molar-refractivity contribution is 0.256. The molecule has 100 valence electrons. The number of rotatable bonds is 4. The van der Waals surface area contributed by atoms with E-state index in [-0.39, 0.29) is 19.0 Å². The van der Waals surface area contributed by atoms with Crippen LogP contribution in [0.2, 0.25) is 5.02 Å². The largest absolute Gasteiger partial charge is 0.488 e. The first kappa shape index (κ1) is 13.8. The lowest BCUT2D eigenvalue weighted by Crippen LogP contribution is -2.02. The van der Waals surface area contributed by atoms with E-state index in [1.807, 2.05) is 19.1 Å². The molecule has 1 N–H and O–H groups in total. The Hall–Kier alpha value is -1.58. The first-order chi connectivity index (χ1) is 9.11. The van der Waals surface area contributed by atoms with Crippen LogP contribution in [-0.4, -0.2) is 5.11 Å². The fourth-order valence-corrected chi connectivity index (χ4v) is 2.04. The summed E-state index contributed by atoms with van der Waals surface area (Å²) < 4.78 is 19.2. The summed E-state index contributed by atoms with van der Waals surface area (Å²) in [5, 5.41) is 9.73. The number of para-hydroxylation sites is 1. The van der Waals surface area contributed by atoms with E-state index in [0.717, 1.165) is 5.56 Å². The van der Waals surface area contributed by atoms with Gasteiger partial charge in [-0.2, -0.15) is 0 Å². The minimum atomic E-state index is -0.358. The Labute approximate surface area is 116 Å². The molecule has 0 aliphatic carbocycles. The molecule has 2 nitrogen and oxygen atoms in total. The molecular weight excluding hydrogens is 267 g/mol. The molecule has 19 heavy (non-hydrogen) atoms. The number of ether oxygens (including phenoxy) is 1. The number of aliphatic hydroxyl groups is 1. The van der Waals surface area contributed by atoms with Crippen LogP contribution in [0.15, 0.2) is 36.4 Å². The molecule has 4 heteroatoms. The van der Waals surface area contributed by atoms with Gasteiger partial charge in [0, 0.05) is 16.1 Å². The highest BCUT2D eigenvalue weighted by atomic mass is 35.5. The second kappa shape index (κ2) is 6.04. The molecule has 0 unspecified atom stereocenters. The molecular formula is C15H14ClFO2. The van der Waals surface area contributed by atoms with E-state index in [4.69, 9.17) is 16.3 Å². The summed E-state index contributed by atoms with van der Waals surface area (Å²) in [5.41, 5.74) is 1.97. The molecule has 0 radical (unpaired) electrons. The molecule has 0 fully saturated rings. The smallest absolute Gasteiger partial charge is 0.129 e. The van der Waals surface area contributed by atoms with Crippen molar-refractivity contribution in [3.8, 4) is 5.75 Å². The van der Waals surface area contributed by atoms with Crippen LogP contribution in [0, 0.1) is 12.7 Å². The monoisotopic (exact) mass is 280 g/mol. The first-order valence-corrected chi connectivity index (χ1v) is 6.25. The van der Waals surface area contributed by atoms with E-state index in [0.29, 0.717) is 21.9 Å². The molecule has 0 aromatic heterocycles. The summed E-state index contributed by atoms with van der Waals surface area (Å²) in [6, 6.07) is 9.83. The van der Waals surface area contributed by atoms with E-state index in [1.54, 1.807) is 6.07 Å². The van der Waals surface area contributed by atoms with Crippen molar-refractivity contribution in [1.82, 2.24) is 0 Å². The Bertz CT molecular complexity index is 584. The number of halogens is 2. The van der Waals surface area contributed by atoms with Crippen LogP contribution in [-0.2, 0) is 13.2 Å². The molecule has 2 aromatic carbocycles. The van der Waals surface area contributed by atoms with Gasteiger partial charge in [-0.25, -0.2) is 4.39 Å².